The molecule has 1 N–H and O–H groups in total. The monoisotopic (exact) mass is 288 g/mol. The second kappa shape index (κ2) is 4.95. The SMILES string of the molecule is COc1ccc(-c2cc(C(F)(F)F)[nH]c(=O)n2)c(F)c1. The maximum absolute atomic E-state index is 13.8. The fourth-order valence-corrected chi connectivity index (χ4v) is 1.58. The molecule has 0 amide bonds. The Morgan fingerprint density at radius 2 is 1.95 bits per heavy atom. The first-order valence-electron chi connectivity index (χ1n) is 5.34. The minimum atomic E-state index is -4.75. The number of rotatable bonds is 2. The van der Waals surface area contributed by atoms with E-state index in [4.69, 9.17) is 4.74 Å². The Kier molecular flexibility index (Phi) is 3.47. The van der Waals surface area contributed by atoms with Gasteiger partial charge in [-0.3, -0.25) is 0 Å². The molecule has 20 heavy (non-hydrogen) atoms. The fraction of sp³-hybridized carbons (Fsp3) is 0.167. The predicted molar refractivity (Wildman–Crippen MR) is 61.8 cm³/mol. The predicted octanol–water partition coefficient (Wildman–Crippen LogP) is 2.60. The van der Waals surface area contributed by atoms with Crippen molar-refractivity contribution >= 4 is 0 Å². The van der Waals surface area contributed by atoms with Crippen molar-refractivity contribution in [1.82, 2.24) is 9.97 Å². The van der Waals surface area contributed by atoms with Gasteiger partial charge in [0.15, 0.2) is 0 Å². The average molecular weight is 288 g/mol. The van der Waals surface area contributed by atoms with Gasteiger partial charge in [0.25, 0.3) is 0 Å². The van der Waals surface area contributed by atoms with Crippen molar-refractivity contribution in [2.24, 2.45) is 0 Å². The van der Waals surface area contributed by atoms with Crippen LogP contribution in [-0.4, -0.2) is 17.1 Å². The van der Waals surface area contributed by atoms with Crippen LogP contribution in [0.4, 0.5) is 17.6 Å². The van der Waals surface area contributed by atoms with E-state index in [2.05, 4.69) is 4.98 Å². The van der Waals surface area contributed by atoms with Crippen LogP contribution in [0.15, 0.2) is 29.1 Å². The summed E-state index contributed by atoms with van der Waals surface area (Å²) in [5.41, 5.74) is -3.11. The van der Waals surface area contributed by atoms with Gasteiger partial charge in [-0.1, -0.05) is 0 Å². The number of ether oxygens (including phenoxy) is 1. The molecule has 0 fully saturated rings. The minimum absolute atomic E-state index is 0.201. The first-order chi connectivity index (χ1) is 9.31. The molecule has 0 aliphatic heterocycles. The number of aromatic amines is 1. The molecule has 2 aromatic rings. The maximum Gasteiger partial charge on any atom is 0.431 e. The van der Waals surface area contributed by atoms with Gasteiger partial charge in [0.2, 0.25) is 0 Å². The minimum Gasteiger partial charge on any atom is -0.497 e. The molecule has 0 unspecified atom stereocenters. The van der Waals surface area contributed by atoms with E-state index in [9.17, 15) is 22.4 Å². The van der Waals surface area contributed by atoms with Crippen molar-refractivity contribution in [2.45, 2.75) is 6.18 Å². The van der Waals surface area contributed by atoms with E-state index in [1.165, 1.54) is 19.2 Å². The number of methoxy groups -OCH3 is 1. The number of benzene rings is 1. The number of hydrogen-bond donors (Lipinski definition) is 1. The van der Waals surface area contributed by atoms with Crippen LogP contribution >= 0.6 is 0 Å². The lowest BCUT2D eigenvalue weighted by atomic mass is 10.1. The number of aromatic nitrogens is 2. The van der Waals surface area contributed by atoms with Crippen LogP contribution in [0, 0.1) is 5.82 Å². The molecule has 0 aliphatic rings. The van der Waals surface area contributed by atoms with Crippen LogP contribution in [0.1, 0.15) is 5.69 Å². The smallest absolute Gasteiger partial charge is 0.431 e. The number of nitrogens with zero attached hydrogens (tertiary/aromatic N) is 1. The molecule has 1 aromatic carbocycles. The molecule has 1 heterocycles. The van der Waals surface area contributed by atoms with Gasteiger partial charge in [-0.05, 0) is 18.2 Å². The molecule has 8 heteroatoms. The molecule has 0 spiro atoms. The summed E-state index contributed by atoms with van der Waals surface area (Å²) in [7, 11) is 1.32. The Morgan fingerprint density at radius 3 is 2.50 bits per heavy atom. The maximum atomic E-state index is 13.8. The summed E-state index contributed by atoms with van der Waals surface area (Å²) in [6.07, 6.45) is -4.75. The second-order valence-corrected chi connectivity index (χ2v) is 3.83. The third kappa shape index (κ3) is 2.79. The molecule has 106 valence electrons. The lowest BCUT2D eigenvalue weighted by Gasteiger charge is -2.09. The van der Waals surface area contributed by atoms with Crippen molar-refractivity contribution in [2.75, 3.05) is 7.11 Å². The highest BCUT2D eigenvalue weighted by atomic mass is 19.4. The van der Waals surface area contributed by atoms with Crippen LogP contribution in [0.3, 0.4) is 0 Å². The van der Waals surface area contributed by atoms with Crippen molar-refractivity contribution in [1.29, 1.82) is 0 Å². The molecular formula is C12H8F4N2O2. The fourth-order valence-electron chi connectivity index (χ4n) is 1.58. The Morgan fingerprint density at radius 1 is 1.25 bits per heavy atom. The van der Waals surface area contributed by atoms with Crippen molar-refractivity contribution in [3.63, 3.8) is 0 Å². The average Bonchev–Trinajstić information content (AvgIpc) is 2.36. The van der Waals surface area contributed by atoms with E-state index >= 15 is 0 Å². The zero-order chi connectivity index (χ0) is 14.9. The highest BCUT2D eigenvalue weighted by Gasteiger charge is 2.32. The number of H-pyrrole nitrogens is 1. The quantitative estimate of drug-likeness (QED) is 0.864. The molecule has 2 rings (SSSR count). The molecule has 0 aliphatic carbocycles. The van der Waals surface area contributed by atoms with Gasteiger partial charge in [-0.2, -0.15) is 18.2 Å². The first kappa shape index (κ1) is 14.0. The summed E-state index contributed by atoms with van der Waals surface area (Å²) >= 11 is 0. The van der Waals surface area contributed by atoms with Crippen LogP contribution in [0.25, 0.3) is 11.3 Å². The zero-order valence-electron chi connectivity index (χ0n) is 10.1. The molecule has 0 saturated carbocycles. The molecule has 1 aromatic heterocycles. The molecule has 0 saturated heterocycles. The topological polar surface area (TPSA) is 55.0 Å². The molecule has 0 bridgehead atoms. The van der Waals surface area contributed by atoms with E-state index in [1.54, 1.807) is 4.98 Å². The van der Waals surface area contributed by atoms with Crippen molar-refractivity contribution < 1.29 is 22.3 Å². The largest absolute Gasteiger partial charge is 0.497 e. The van der Waals surface area contributed by atoms with Crippen LogP contribution in [0.5, 0.6) is 5.75 Å². The van der Waals surface area contributed by atoms with E-state index in [0.29, 0.717) is 6.07 Å². The van der Waals surface area contributed by atoms with Crippen LogP contribution in [0.2, 0.25) is 0 Å². The standard InChI is InChI=1S/C12H8F4N2O2/c1-20-6-2-3-7(8(13)4-6)9-5-10(12(14,15)16)18-11(19)17-9/h2-5H,1H3,(H,17,18,19). The lowest BCUT2D eigenvalue weighted by molar-refractivity contribution is -0.141. The number of hydrogen-bond acceptors (Lipinski definition) is 3. The Bertz CT molecular complexity index is 695. The van der Waals surface area contributed by atoms with Gasteiger partial charge in [0.1, 0.15) is 17.3 Å². The van der Waals surface area contributed by atoms with Gasteiger partial charge in [0.05, 0.1) is 12.8 Å². The Labute approximate surface area is 110 Å². The molecule has 0 atom stereocenters. The van der Waals surface area contributed by atoms with E-state index in [0.717, 1.165) is 6.07 Å². The molecule has 0 radical (unpaired) electrons. The van der Waals surface area contributed by atoms with E-state index in [1.807, 2.05) is 0 Å². The lowest BCUT2D eigenvalue weighted by Crippen LogP contribution is -2.19. The van der Waals surface area contributed by atoms with Crippen molar-refractivity contribution in [3.05, 3.63) is 46.3 Å². The van der Waals surface area contributed by atoms with Gasteiger partial charge < -0.3 is 9.72 Å². The second-order valence-electron chi connectivity index (χ2n) is 3.83. The highest BCUT2D eigenvalue weighted by Crippen LogP contribution is 2.30. The summed E-state index contributed by atoms with van der Waals surface area (Å²) in [5, 5.41) is 0. The van der Waals surface area contributed by atoms with Crippen LogP contribution < -0.4 is 10.4 Å². The van der Waals surface area contributed by atoms with E-state index < -0.39 is 29.1 Å². The number of halogens is 4. The molecule has 4 nitrogen and oxygen atoms in total. The van der Waals surface area contributed by atoms with E-state index in [-0.39, 0.29) is 11.3 Å². The van der Waals surface area contributed by atoms with Gasteiger partial charge in [-0.25, -0.2) is 9.18 Å². The van der Waals surface area contributed by atoms with Gasteiger partial charge in [-0.15, -0.1) is 0 Å². The summed E-state index contributed by atoms with van der Waals surface area (Å²) in [6, 6.07) is 4.11. The third-order valence-corrected chi connectivity index (χ3v) is 2.50. The normalized spacial score (nSPS) is 11.4. The Balaban J connectivity index is 2.59. The number of nitrogens with one attached hydrogen (secondary N) is 1. The molecular weight excluding hydrogens is 280 g/mol. The highest BCUT2D eigenvalue weighted by molar-refractivity contribution is 5.61. The third-order valence-electron chi connectivity index (χ3n) is 2.50. The summed E-state index contributed by atoms with van der Waals surface area (Å²) in [5.74, 6) is -0.636. The van der Waals surface area contributed by atoms with Gasteiger partial charge >= 0.3 is 11.9 Å². The summed E-state index contributed by atoms with van der Waals surface area (Å²) < 4.78 is 56.3. The Hall–Kier alpha value is -2.38. The number of alkyl halides is 3. The summed E-state index contributed by atoms with van der Waals surface area (Å²) in [6.45, 7) is 0. The van der Waals surface area contributed by atoms with Crippen LogP contribution in [-0.2, 0) is 6.18 Å². The zero-order valence-corrected chi connectivity index (χ0v) is 10.1. The summed E-state index contributed by atoms with van der Waals surface area (Å²) in [4.78, 5) is 16.1. The first-order valence-corrected chi connectivity index (χ1v) is 5.34. The van der Waals surface area contributed by atoms with Gasteiger partial charge in [0, 0.05) is 11.6 Å². The van der Waals surface area contributed by atoms with Crippen molar-refractivity contribution in [3.8, 4) is 17.0 Å².